The molecule has 0 unspecified atom stereocenters. The van der Waals surface area contributed by atoms with Gasteiger partial charge in [-0.2, -0.15) is 11.3 Å². The zero-order valence-corrected chi connectivity index (χ0v) is 13.9. The second-order valence-corrected chi connectivity index (χ2v) is 6.10. The molecule has 116 valence electrons. The van der Waals surface area contributed by atoms with E-state index in [1.165, 1.54) is 0 Å². The quantitative estimate of drug-likeness (QED) is 0.448. The van der Waals surface area contributed by atoms with Crippen LogP contribution in [0.15, 0.2) is 70.0 Å². The fourth-order valence-electron chi connectivity index (χ4n) is 2.65. The van der Waals surface area contributed by atoms with E-state index < -0.39 is 0 Å². The molecule has 4 rings (SSSR count). The zero-order chi connectivity index (χ0) is 16.4. The smallest absolute Gasteiger partial charge is 0.138 e. The number of furan rings is 1. The molecule has 24 heavy (non-hydrogen) atoms. The van der Waals surface area contributed by atoms with Crippen LogP contribution in [0.3, 0.4) is 0 Å². The van der Waals surface area contributed by atoms with Crippen LogP contribution in [0.5, 0.6) is 5.75 Å². The molecule has 0 amide bonds. The van der Waals surface area contributed by atoms with E-state index in [-0.39, 0.29) is 0 Å². The van der Waals surface area contributed by atoms with E-state index in [9.17, 15) is 0 Å². The molecule has 0 aliphatic carbocycles. The highest BCUT2D eigenvalue weighted by molar-refractivity contribution is 7.08. The molecule has 0 saturated carbocycles. The molecule has 0 saturated heterocycles. The lowest BCUT2D eigenvalue weighted by molar-refractivity contribution is 0.414. The van der Waals surface area contributed by atoms with Gasteiger partial charge in [-0.15, -0.1) is 0 Å². The van der Waals surface area contributed by atoms with Crippen molar-refractivity contribution in [3.05, 3.63) is 76.7 Å². The normalized spacial score (nSPS) is 10.4. The van der Waals surface area contributed by atoms with Crippen molar-refractivity contribution >= 4 is 22.3 Å². The number of rotatable bonds is 2. The summed E-state index contributed by atoms with van der Waals surface area (Å²) in [6, 6.07) is 16.0. The minimum atomic E-state index is 0.786. The van der Waals surface area contributed by atoms with Gasteiger partial charge < -0.3 is 9.15 Å². The third-order valence-corrected chi connectivity index (χ3v) is 4.55. The molecule has 2 aromatic carbocycles. The molecule has 0 N–H and O–H groups in total. The van der Waals surface area contributed by atoms with Gasteiger partial charge in [-0.1, -0.05) is 30.0 Å². The van der Waals surface area contributed by atoms with Crippen LogP contribution < -0.4 is 4.74 Å². The summed E-state index contributed by atoms with van der Waals surface area (Å²) in [6.07, 6.45) is 1.79. The van der Waals surface area contributed by atoms with Crippen LogP contribution in [-0.2, 0) is 0 Å². The topological polar surface area (TPSA) is 22.4 Å². The van der Waals surface area contributed by atoms with Gasteiger partial charge in [0.05, 0.1) is 13.4 Å². The maximum atomic E-state index is 5.72. The Morgan fingerprint density at radius 3 is 2.75 bits per heavy atom. The summed E-state index contributed by atoms with van der Waals surface area (Å²) in [6.45, 7) is 0. The van der Waals surface area contributed by atoms with Gasteiger partial charge in [0.1, 0.15) is 11.3 Å². The Morgan fingerprint density at radius 1 is 1.00 bits per heavy atom. The Labute approximate surface area is 144 Å². The van der Waals surface area contributed by atoms with E-state index in [1.54, 1.807) is 24.7 Å². The highest BCUT2D eigenvalue weighted by atomic mass is 32.1. The van der Waals surface area contributed by atoms with Crippen LogP contribution in [0.25, 0.3) is 22.1 Å². The van der Waals surface area contributed by atoms with Crippen molar-refractivity contribution in [1.29, 1.82) is 0 Å². The second kappa shape index (κ2) is 6.27. The highest BCUT2D eigenvalue weighted by Crippen LogP contribution is 2.34. The Balaban J connectivity index is 1.83. The lowest BCUT2D eigenvalue weighted by Gasteiger charge is -2.03. The number of hydrogen-bond acceptors (Lipinski definition) is 3. The maximum Gasteiger partial charge on any atom is 0.138 e. The molecule has 0 aliphatic rings. The third-order valence-electron chi connectivity index (χ3n) is 3.86. The molecule has 0 radical (unpaired) electrons. The summed E-state index contributed by atoms with van der Waals surface area (Å²) in [5, 5.41) is 5.14. The molecule has 2 nitrogen and oxygen atoms in total. The summed E-state index contributed by atoms with van der Waals surface area (Å²) in [4.78, 5) is 0. The predicted molar refractivity (Wildman–Crippen MR) is 98.5 cm³/mol. The van der Waals surface area contributed by atoms with Crippen molar-refractivity contribution < 1.29 is 9.15 Å². The van der Waals surface area contributed by atoms with Crippen molar-refractivity contribution in [3.63, 3.8) is 0 Å². The lowest BCUT2D eigenvalue weighted by atomic mass is 9.99. The van der Waals surface area contributed by atoms with Gasteiger partial charge in [0.25, 0.3) is 0 Å². The van der Waals surface area contributed by atoms with Gasteiger partial charge in [-0.25, -0.2) is 0 Å². The van der Waals surface area contributed by atoms with E-state index >= 15 is 0 Å². The number of ether oxygens (including phenoxy) is 1. The Bertz CT molecular complexity index is 1050. The average Bonchev–Trinajstić information content (AvgIpc) is 3.29. The number of benzene rings is 2. The van der Waals surface area contributed by atoms with E-state index in [1.807, 2.05) is 47.8 Å². The molecule has 0 fully saturated rings. The fraction of sp³-hybridized carbons (Fsp3) is 0.0476. The summed E-state index contributed by atoms with van der Waals surface area (Å²) in [7, 11) is 1.65. The minimum Gasteiger partial charge on any atom is -0.497 e. The standard InChI is InChI=1S/C21H14O2S/c1-22-17-8-9-19-20(13-23-21(19)12-17)18-5-3-2-4-16(18)7-6-15-10-11-24-14-15/h2-5,8-14H,1H3. The zero-order valence-electron chi connectivity index (χ0n) is 13.1. The molecule has 0 bridgehead atoms. The molecular formula is C21H14O2S. The third kappa shape index (κ3) is 2.68. The molecule has 0 aliphatic heterocycles. The summed E-state index contributed by atoms with van der Waals surface area (Å²) < 4.78 is 11.0. The average molecular weight is 330 g/mol. The first-order valence-corrected chi connectivity index (χ1v) is 8.48. The second-order valence-electron chi connectivity index (χ2n) is 5.32. The van der Waals surface area contributed by atoms with Crippen LogP contribution >= 0.6 is 11.3 Å². The van der Waals surface area contributed by atoms with Crippen LogP contribution in [0.2, 0.25) is 0 Å². The number of hydrogen-bond donors (Lipinski definition) is 0. The van der Waals surface area contributed by atoms with Gasteiger partial charge in [0.2, 0.25) is 0 Å². The van der Waals surface area contributed by atoms with E-state index in [4.69, 9.17) is 9.15 Å². The first-order chi connectivity index (χ1) is 11.8. The van der Waals surface area contributed by atoms with Crippen molar-refractivity contribution in [2.45, 2.75) is 0 Å². The van der Waals surface area contributed by atoms with E-state index in [0.29, 0.717) is 0 Å². The Kier molecular flexibility index (Phi) is 3.82. The molecule has 0 atom stereocenters. The Hall–Kier alpha value is -2.96. The molecule has 2 aromatic heterocycles. The maximum absolute atomic E-state index is 5.72. The Morgan fingerprint density at radius 2 is 1.92 bits per heavy atom. The highest BCUT2D eigenvalue weighted by Gasteiger charge is 2.11. The van der Waals surface area contributed by atoms with Crippen LogP contribution in [0, 0.1) is 11.8 Å². The van der Waals surface area contributed by atoms with Gasteiger partial charge in [0, 0.05) is 39.1 Å². The van der Waals surface area contributed by atoms with Crippen LogP contribution in [0.1, 0.15) is 11.1 Å². The number of methoxy groups -OCH3 is 1. The first-order valence-electron chi connectivity index (χ1n) is 7.54. The molecule has 3 heteroatoms. The van der Waals surface area contributed by atoms with Gasteiger partial charge in [-0.05, 0) is 29.6 Å². The predicted octanol–water partition coefficient (Wildman–Crippen LogP) is 5.57. The van der Waals surface area contributed by atoms with Gasteiger partial charge in [0.15, 0.2) is 0 Å². The summed E-state index contributed by atoms with van der Waals surface area (Å²) in [5.41, 5.74) is 4.95. The minimum absolute atomic E-state index is 0.786. The fourth-order valence-corrected chi connectivity index (χ4v) is 3.23. The first kappa shape index (κ1) is 14.6. The van der Waals surface area contributed by atoms with Gasteiger partial charge in [-0.3, -0.25) is 0 Å². The SMILES string of the molecule is COc1ccc2c(-c3ccccc3C#Cc3ccsc3)coc2c1. The van der Waals surface area contributed by atoms with Crippen molar-refractivity contribution in [1.82, 2.24) is 0 Å². The van der Waals surface area contributed by atoms with Crippen LogP contribution in [-0.4, -0.2) is 7.11 Å². The van der Waals surface area contributed by atoms with Crippen molar-refractivity contribution in [3.8, 4) is 28.7 Å². The molecule has 2 heterocycles. The number of thiophene rings is 1. The molecule has 4 aromatic rings. The lowest BCUT2D eigenvalue weighted by Crippen LogP contribution is -1.84. The molecular weight excluding hydrogens is 316 g/mol. The van der Waals surface area contributed by atoms with Crippen molar-refractivity contribution in [2.24, 2.45) is 0 Å². The molecule has 0 spiro atoms. The largest absolute Gasteiger partial charge is 0.497 e. The number of fused-ring (bicyclic) bond motifs is 1. The summed E-state index contributed by atoms with van der Waals surface area (Å²) in [5.74, 6) is 7.29. The monoisotopic (exact) mass is 330 g/mol. The van der Waals surface area contributed by atoms with E-state index in [2.05, 4.69) is 23.3 Å². The van der Waals surface area contributed by atoms with E-state index in [0.717, 1.165) is 39.0 Å². The summed E-state index contributed by atoms with van der Waals surface area (Å²) >= 11 is 1.65. The van der Waals surface area contributed by atoms with Crippen molar-refractivity contribution in [2.75, 3.05) is 7.11 Å². The van der Waals surface area contributed by atoms with Crippen LogP contribution in [0.4, 0.5) is 0 Å². The van der Waals surface area contributed by atoms with Gasteiger partial charge >= 0.3 is 0 Å².